The van der Waals surface area contributed by atoms with Crippen LogP contribution in [0.15, 0.2) is 24.3 Å². The standard InChI is InChI=1S/C21H21NO4/c1-23-18-4-3-13-9-17-15-11-20-19(25-7-8-26-20)10-14(15)5-6-22(17)12-16(13)21(18)24-2/h3-4,9-11H,5-8,12H2,1-2H3. The van der Waals surface area contributed by atoms with Crippen molar-refractivity contribution in [2.24, 2.45) is 0 Å². The van der Waals surface area contributed by atoms with E-state index in [1.54, 1.807) is 14.2 Å². The van der Waals surface area contributed by atoms with Gasteiger partial charge in [-0.3, -0.25) is 0 Å². The lowest BCUT2D eigenvalue weighted by Crippen LogP contribution is -2.31. The number of fused-ring (bicyclic) bond motifs is 5. The van der Waals surface area contributed by atoms with E-state index >= 15 is 0 Å². The van der Waals surface area contributed by atoms with Crippen LogP contribution in [-0.2, 0) is 13.0 Å². The SMILES string of the molecule is COc1ccc2c(c1OC)CN1CCc3cc4c(cc3C1=C2)OCCO4. The van der Waals surface area contributed by atoms with Crippen LogP contribution in [0, 0.1) is 0 Å². The molecular formula is C21H21NO4. The van der Waals surface area contributed by atoms with E-state index in [1.165, 1.54) is 28.0 Å². The summed E-state index contributed by atoms with van der Waals surface area (Å²) >= 11 is 0. The fourth-order valence-electron chi connectivity index (χ4n) is 4.10. The molecule has 134 valence electrons. The Labute approximate surface area is 152 Å². The van der Waals surface area contributed by atoms with Crippen molar-refractivity contribution in [1.82, 2.24) is 4.90 Å². The summed E-state index contributed by atoms with van der Waals surface area (Å²) in [5, 5.41) is 0. The minimum atomic E-state index is 0.606. The highest BCUT2D eigenvalue weighted by atomic mass is 16.6. The topological polar surface area (TPSA) is 40.2 Å². The Morgan fingerprint density at radius 2 is 1.81 bits per heavy atom. The van der Waals surface area contributed by atoms with Crippen molar-refractivity contribution in [3.05, 3.63) is 46.5 Å². The van der Waals surface area contributed by atoms with Crippen molar-refractivity contribution < 1.29 is 18.9 Å². The maximum absolute atomic E-state index is 5.80. The zero-order valence-electron chi connectivity index (χ0n) is 15.0. The second-order valence-electron chi connectivity index (χ2n) is 6.72. The van der Waals surface area contributed by atoms with Crippen molar-refractivity contribution in [3.63, 3.8) is 0 Å². The van der Waals surface area contributed by atoms with Gasteiger partial charge in [0, 0.05) is 29.9 Å². The predicted octanol–water partition coefficient (Wildman–Crippen LogP) is 3.34. The van der Waals surface area contributed by atoms with Crippen molar-refractivity contribution >= 4 is 11.8 Å². The fraction of sp³-hybridized carbons (Fsp3) is 0.333. The summed E-state index contributed by atoms with van der Waals surface area (Å²) in [6.45, 7) is 3.01. The highest BCUT2D eigenvalue weighted by molar-refractivity contribution is 5.87. The van der Waals surface area contributed by atoms with Gasteiger partial charge in [-0.25, -0.2) is 0 Å². The Morgan fingerprint density at radius 1 is 1.00 bits per heavy atom. The van der Waals surface area contributed by atoms with Gasteiger partial charge in [0.25, 0.3) is 0 Å². The molecule has 0 spiro atoms. The quantitative estimate of drug-likeness (QED) is 0.830. The highest BCUT2D eigenvalue weighted by Crippen LogP contribution is 2.44. The zero-order valence-corrected chi connectivity index (χ0v) is 15.0. The number of ether oxygens (including phenoxy) is 4. The van der Waals surface area contributed by atoms with Gasteiger partial charge in [-0.2, -0.15) is 0 Å². The molecule has 0 aromatic heterocycles. The molecule has 0 aliphatic carbocycles. The summed E-state index contributed by atoms with van der Waals surface area (Å²) in [5.74, 6) is 3.32. The molecule has 0 fully saturated rings. The van der Waals surface area contributed by atoms with Crippen LogP contribution < -0.4 is 18.9 Å². The van der Waals surface area contributed by atoms with E-state index in [0.717, 1.165) is 42.5 Å². The van der Waals surface area contributed by atoms with Crippen LogP contribution >= 0.6 is 0 Å². The molecule has 2 aromatic carbocycles. The zero-order chi connectivity index (χ0) is 17.7. The lowest BCUT2D eigenvalue weighted by atomic mass is 9.90. The number of nitrogens with zero attached hydrogens (tertiary/aromatic N) is 1. The number of methoxy groups -OCH3 is 2. The first-order valence-electron chi connectivity index (χ1n) is 8.92. The molecule has 5 heteroatoms. The first kappa shape index (κ1) is 15.4. The Hall–Kier alpha value is -2.82. The molecule has 0 bridgehead atoms. The van der Waals surface area contributed by atoms with Gasteiger partial charge in [-0.1, -0.05) is 6.07 Å². The summed E-state index contributed by atoms with van der Waals surface area (Å²) in [5.41, 5.74) is 6.15. The number of rotatable bonds is 2. The molecular weight excluding hydrogens is 330 g/mol. The van der Waals surface area contributed by atoms with Gasteiger partial charge in [-0.05, 0) is 41.8 Å². The van der Waals surface area contributed by atoms with E-state index in [9.17, 15) is 0 Å². The molecule has 5 nitrogen and oxygen atoms in total. The van der Waals surface area contributed by atoms with Crippen LogP contribution in [-0.4, -0.2) is 38.9 Å². The van der Waals surface area contributed by atoms with Crippen molar-refractivity contribution in [3.8, 4) is 23.0 Å². The van der Waals surface area contributed by atoms with E-state index in [2.05, 4.69) is 29.2 Å². The lowest BCUT2D eigenvalue weighted by molar-refractivity contribution is 0.171. The third-order valence-corrected chi connectivity index (χ3v) is 5.36. The van der Waals surface area contributed by atoms with Gasteiger partial charge in [-0.15, -0.1) is 0 Å². The molecule has 0 radical (unpaired) electrons. The average Bonchev–Trinajstić information content (AvgIpc) is 2.70. The number of benzene rings is 2. The summed E-state index contributed by atoms with van der Waals surface area (Å²) in [4.78, 5) is 2.41. The molecule has 0 unspecified atom stereocenters. The van der Waals surface area contributed by atoms with Gasteiger partial charge in [0.2, 0.25) is 0 Å². The van der Waals surface area contributed by atoms with Crippen LogP contribution in [0.25, 0.3) is 11.8 Å². The maximum Gasteiger partial charge on any atom is 0.166 e. The van der Waals surface area contributed by atoms with E-state index in [0.29, 0.717) is 13.2 Å². The first-order valence-corrected chi connectivity index (χ1v) is 8.92. The van der Waals surface area contributed by atoms with Crippen molar-refractivity contribution in [1.29, 1.82) is 0 Å². The van der Waals surface area contributed by atoms with Gasteiger partial charge in [0.15, 0.2) is 23.0 Å². The van der Waals surface area contributed by atoms with Gasteiger partial charge < -0.3 is 23.8 Å². The molecule has 0 saturated carbocycles. The molecule has 0 N–H and O–H groups in total. The number of hydrogen-bond donors (Lipinski definition) is 0. The Bertz CT molecular complexity index is 919. The fourth-order valence-corrected chi connectivity index (χ4v) is 4.10. The second kappa shape index (κ2) is 5.87. The third kappa shape index (κ3) is 2.23. The van der Waals surface area contributed by atoms with Gasteiger partial charge in [0.05, 0.1) is 14.2 Å². The minimum Gasteiger partial charge on any atom is -0.493 e. The summed E-state index contributed by atoms with van der Waals surface area (Å²) in [6.07, 6.45) is 3.24. The molecule has 3 aliphatic rings. The van der Waals surface area contributed by atoms with Crippen molar-refractivity contribution in [2.75, 3.05) is 34.0 Å². The second-order valence-corrected chi connectivity index (χ2v) is 6.72. The average molecular weight is 351 g/mol. The van der Waals surface area contributed by atoms with Crippen LogP contribution in [0.1, 0.15) is 22.3 Å². The summed E-state index contributed by atoms with van der Waals surface area (Å²) in [7, 11) is 3.38. The van der Waals surface area contributed by atoms with E-state index < -0.39 is 0 Å². The normalized spacial score (nSPS) is 16.8. The van der Waals surface area contributed by atoms with E-state index in [1.807, 2.05) is 6.07 Å². The lowest BCUT2D eigenvalue weighted by Gasteiger charge is -2.38. The van der Waals surface area contributed by atoms with Crippen LogP contribution in [0.5, 0.6) is 23.0 Å². The summed E-state index contributed by atoms with van der Waals surface area (Å²) in [6, 6.07) is 8.35. The van der Waals surface area contributed by atoms with Gasteiger partial charge >= 0.3 is 0 Å². The molecule has 3 aliphatic heterocycles. The Kier molecular flexibility index (Phi) is 3.48. The largest absolute Gasteiger partial charge is 0.493 e. The van der Waals surface area contributed by atoms with E-state index in [-0.39, 0.29) is 0 Å². The molecule has 0 saturated heterocycles. The molecule has 3 heterocycles. The van der Waals surface area contributed by atoms with E-state index in [4.69, 9.17) is 18.9 Å². The smallest absolute Gasteiger partial charge is 0.166 e. The molecule has 0 atom stereocenters. The van der Waals surface area contributed by atoms with Gasteiger partial charge in [0.1, 0.15) is 13.2 Å². The Balaban J connectivity index is 1.65. The molecule has 2 aromatic rings. The molecule has 26 heavy (non-hydrogen) atoms. The third-order valence-electron chi connectivity index (χ3n) is 5.36. The van der Waals surface area contributed by atoms with Crippen LogP contribution in [0.3, 0.4) is 0 Å². The minimum absolute atomic E-state index is 0.606. The molecule has 0 amide bonds. The summed E-state index contributed by atoms with van der Waals surface area (Å²) < 4.78 is 22.7. The predicted molar refractivity (Wildman–Crippen MR) is 99.0 cm³/mol. The highest BCUT2D eigenvalue weighted by Gasteiger charge is 2.29. The van der Waals surface area contributed by atoms with Crippen LogP contribution in [0.2, 0.25) is 0 Å². The van der Waals surface area contributed by atoms with Crippen LogP contribution in [0.4, 0.5) is 0 Å². The Morgan fingerprint density at radius 3 is 2.58 bits per heavy atom. The first-order chi connectivity index (χ1) is 12.8. The maximum atomic E-state index is 5.80. The monoisotopic (exact) mass is 351 g/mol. The molecule has 5 rings (SSSR count). The number of hydrogen-bond acceptors (Lipinski definition) is 5. The van der Waals surface area contributed by atoms with Crippen molar-refractivity contribution in [2.45, 2.75) is 13.0 Å².